The van der Waals surface area contributed by atoms with Gasteiger partial charge in [0.15, 0.2) is 0 Å². The summed E-state index contributed by atoms with van der Waals surface area (Å²) in [5.74, 6) is 1.65. The molecule has 1 aromatic heterocycles. The molecule has 1 N–H and O–H groups in total. The van der Waals surface area contributed by atoms with Crippen molar-refractivity contribution in [2.45, 2.75) is 44.9 Å². The van der Waals surface area contributed by atoms with Gasteiger partial charge < -0.3 is 19.1 Å². The maximum atomic E-state index is 11.3. The van der Waals surface area contributed by atoms with Gasteiger partial charge in [0.1, 0.15) is 11.5 Å². The van der Waals surface area contributed by atoms with Crippen LogP contribution >= 0.6 is 0 Å². The highest BCUT2D eigenvalue weighted by atomic mass is 16.5. The summed E-state index contributed by atoms with van der Waals surface area (Å²) in [7, 11) is 3.37. The fraction of sp³-hybridized carbons (Fsp3) is 0.440. The van der Waals surface area contributed by atoms with E-state index in [2.05, 4.69) is 41.6 Å². The third-order valence-corrected chi connectivity index (χ3v) is 6.36. The number of para-hydroxylation sites is 1. The molecule has 0 saturated carbocycles. The molecule has 0 bridgehead atoms. The highest BCUT2D eigenvalue weighted by Gasteiger charge is 2.36. The number of methoxy groups -OCH3 is 2. The van der Waals surface area contributed by atoms with Crippen molar-refractivity contribution < 1.29 is 14.6 Å². The van der Waals surface area contributed by atoms with Crippen LogP contribution in [-0.4, -0.2) is 41.9 Å². The number of hydrogen-bond acceptors (Lipinski definition) is 4. The second kappa shape index (κ2) is 8.32. The average molecular weight is 409 g/mol. The van der Waals surface area contributed by atoms with Gasteiger partial charge in [-0.2, -0.15) is 0 Å². The molecule has 0 atom stereocenters. The quantitative estimate of drug-likeness (QED) is 0.641. The molecule has 1 aliphatic heterocycles. The molecule has 1 fully saturated rings. The fourth-order valence-electron chi connectivity index (χ4n) is 4.61. The molecular weight excluding hydrogens is 376 g/mol. The lowest BCUT2D eigenvalue weighted by atomic mass is 9.84. The van der Waals surface area contributed by atoms with Crippen molar-refractivity contribution >= 4 is 10.9 Å². The Morgan fingerprint density at radius 1 is 1.03 bits per heavy atom. The van der Waals surface area contributed by atoms with E-state index in [1.54, 1.807) is 14.2 Å². The first-order chi connectivity index (χ1) is 14.4. The Bertz CT molecular complexity index is 1020. The van der Waals surface area contributed by atoms with Crippen molar-refractivity contribution in [1.82, 2.24) is 9.47 Å². The van der Waals surface area contributed by atoms with Gasteiger partial charge in [0.25, 0.3) is 0 Å². The molecule has 4 rings (SSSR count). The predicted molar refractivity (Wildman–Crippen MR) is 120 cm³/mol. The van der Waals surface area contributed by atoms with Gasteiger partial charge in [-0.15, -0.1) is 0 Å². The average Bonchev–Trinajstić information content (AvgIpc) is 3.13. The summed E-state index contributed by atoms with van der Waals surface area (Å²) >= 11 is 0. The molecule has 2 aromatic carbocycles. The Balaban J connectivity index is 1.55. The van der Waals surface area contributed by atoms with E-state index in [1.165, 1.54) is 16.5 Å². The number of aliphatic hydroxyl groups is 1. The first kappa shape index (κ1) is 20.8. The number of hydrogen-bond donors (Lipinski definition) is 1. The van der Waals surface area contributed by atoms with Gasteiger partial charge in [-0.1, -0.05) is 18.2 Å². The maximum Gasteiger partial charge on any atom is 0.124 e. The van der Waals surface area contributed by atoms with E-state index >= 15 is 0 Å². The number of piperidine rings is 1. The van der Waals surface area contributed by atoms with Crippen LogP contribution in [0, 0.1) is 0 Å². The second-order valence-corrected chi connectivity index (χ2v) is 8.55. The lowest BCUT2D eigenvalue weighted by Crippen LogP contribution is -2.42. The first-order valence-corrected chi connectivity index (χ1v) is 10.7. The molecule has 2 heterocycles. The molecule has 3 aromatic rings. The van der Waals surface area contributed by atoms with Crippen LogP contribution in [0.4, 0.5) is 0 Å². The lowest BCUT2D eigenvalue weighted by molar-refractivity contribution is -0.0291. The van der Waals surface area contributed by atoms with E-state index in [4.69, 9.17) is 9.47 Å². The van der Waals surface area contributed by atoms with Crippen LogP contribution in [-0.2, 0) is 12.1 Å². The monoisotopic (exact) mass is 408 g/mol. The molecule has 0 spiro atoms. The number of aromatic nitrogens is 1. The molecule has 1 saturated heterocycles. The van der Waals surface area contributed by atoms with Crippen LogP contribution in [0.2, 0.25) is 0 Å². The summed E-state index contributed by atoms with van der Waals surface area (Å²) in [6.07, 6.45) is 3.66. The lowest BCUT2D eigenvalue weighted by Gasteiger charge is -2.39. The largest absolute Gasteiger partial charge is 0.497 e. The standard InChI is InChI=1S/C25H32N2O3/c1-18(2)27-17-19(21-15-20(29-3)9-10-23(21)27)16-26-13-11-25(28,12-14-26)22-7-5-6-8-24(22)30-4/h5-10,15,17-18,28H,11-14,16H2,1-4H3. The molecule has 30 heavy (non-hydrogen) atoms. The van der Waals surface area contributed by atoms with Crippen molar-refractivity contribution in [2.24, 2.45) is 0 Å². The third-order valence-electron chi connectivity index (χ3n) is 6.36. The van der Waals surface area contributed by atoms with Crippen LogP contribution in [0.3, 0.4) is 0 Å². The van der Waals surface area contributed by atoms with Gasteiger partial charge in [-0.25, -0.2) is 0 Å². The second-order valence-electron chi connectivity index (χ2n) is 8.55. The summed E-state index contributed by atoms with van der Waals surface area (Å²) in [6, 6.07) is 14.5. The normalized spacial score (nSPS) is 16.9. The number of rotatable bonds is 6. The molecule has 160 valence electrons. The van der Waals surface area contributed by atoms with Crippen molar-refractivity contribution in [1.29, 1.82) is 0 Å². The van der Waals surface area contributed by atoms with E-state index in [9.17, 15) is 5.11 Å². The molecule has 1 aliphatic rings. The predicted octanol–water partition coefficient (Wildman–Crippen LogP) is 4.72. The Hall–Kier alpha value is -2.50. The zero-order valence-corrected chi connectivity index (χ0v) is 18.4. The number of likely N-dealkylation sites (tertiary alicyclic amines) is 1. The Kier molecular flexibility index (Phi) is 5.76. The zero-order valence-electron chi connectivity index (χ0n) is 18.4. The molecular formula is C25H32N2O3. The highest BCUT2D eigenvalue weighted by molar-refractivity contribution is 5.85. The SMILES string of the molecule is COc1ccc2c(c1)c(CN1CCC(O)(c3ccccc3OC)CC1)cn2C(C)C. The smallest absolute Gasteiger partial charge is 0.124 e. The zero-order chi connectivity index (χ0) is 21.3. The van der Waals surface area contributed by atoms with Crippen LogP contribution in [0.5, 0.6) is 11.5 Å². The van der Waals surface area contributed by atoms with Crippen LogP contribution < -0.4 is 9.47 Å². The molecule has 0 radical (unpaired) electrons. The first-order valence-electron chi connectivity index (χ1n) is 10.7. The Morgan fingerprint density at radius 3 is 2.43 bits per heavy atom. The van der Waals surface area contributed by atoms with Crippen molar-refractivity contribution in [2.75, 3.05) is 27.3 Å². The van der Waals surface area contributed by atoms with Gasteiger partial charge in [-0.3, -0.25) is 4.90 Å². The van der Waals surface area contributed by atoms with Crippen LogP contribution in [0.25, 0.3) is 10.9 Å². The van der Waals surface area contributed by atoms with E-state index in [0.29, 0.717) is 18.9 Å². The number of benzene rings is 2. The molecule has 5 nitrogen and oxygen atoms in total. The third kappa shape index (κ3) is 3.80. The number of nitrogens with zero attached hydrogens (tertiary/aromatic N) is 2. The summed E-state index contributed by atoms with van der Waals surface area (Å²) in [6.45, 7) is 6.97. The van der Waals surface area contributed by atoms with E-state index in [-0.39, 0.29) is 0 Å². The summed E-state index contributed by atoms with van der Waals surface area (Å²) in [5, 5.41) is 12.6. The van der Waals surface area contributed by atoms with Crippen molar-refractivity contribution in [3.8, 4) is 11.5 Å². The van der Waals surface area contributed by atoms with Crippen molar-refractivity contribution in [3.63, 3.8) is 0 Å². The Labute approximate surface area is 178 Å². The summed E-state index contributed by atoms with van der Waals surface area (Å²) in [5.41, 5.74) is 2.61. The highest BCUT2D eigenvalue weighted by Crippen LogP contribution is 2.38. The number of fused-ring (bicyclic) bond motifs is 1. The minimum absolute atomic E-state index is 0.395. The Morgan fingerprint density at radius 2 is 1.77 bits per heavy atom. The molecule has 5 heteroatoms. The minimum Gasteiger partial charge on any atom is -0.497 e. The fourth-order valence-corrected chi connectivity index (χ4v) is 4.61. The molecule has 0 amide bonds. The van der Waals surface area contributed by atoms with E-state index in [0.717, 1.165) is 36.7 Å². The van der Waals surface area contributed by atoms with E-state index < -0.39 is 5.60 Å². The summed E-state index contributed by atoms with van der Waals surface area (Å²) < 4.78 is 13.3. The van der Waals surface area contributed by atoms with Gasteiger partial charge in [-0.05, 0) is 56.5 Å². The number of ether oxygens (including phenoxy) is 2. The molecule has 0 unspecified atom stereocenters. The summed E-state index contributed by atoms with van der Waals surface area (Å²) in [4.78, 5) is 2.43. The van der Waals surface area contributed by atoms with Gasteiger partial charge in [0, 0.05) is 48.3 Å². The minimum atomic E-state index is -0.835. The van der Waals surface area contributed by atoms with Gasteiger partial charge in [0.2, 0.25) is 0 Å². The van der Waals surface area contributed by atoms with Gasteiger partial charge >= 0.3 is 0 Å². The molecule has 0 aliphatic carbocycles. The maximum absolute atomic E-state index is 11.3. The van der Waals surface area contributed by atoms with Gasteiger partial charge in [0.05, 0.1) is 19.8 Å². The topological polar surface area (TPSA) is 46.9 Å². The van der Waals surface area contributed by atoms with E-state index in [1.807, 2.05) is 30.3 Å². The van der Waals surface area contributed by atoms with Crippen LogP contribution in [0.15, 0.2) is 48.7 Å². The van der Waals surface area contributed by atoms with Crippen LogP contribution in [0.1, 0.15) is 43.9 Å². The van der Waals surface area contributed by atoms with Crippen molar-refractivity contribution in [3.05, 3.63) is 59.8 Å².